The fourth-order valence-corrected chi connectivity index (χ4v) is 8.97. The van der Waals surface area contributed by atoms with E-state index in [1.165, 1.54) is 26.9 Å². The van der Waals surface area contributed by atoms with Gasteiger partial charge < -0.3 is 9.13 Å². The van der Waals surface area contributed by atoms with E-state index in [2.05, 4.69) is 209 Å². The maximum atomic E-state index is 5.47. The summed E-state index contributed by atoms with van der Waals surface area (Å²) in [5, 5.41) is 9.36. The number of aromatic nitrogens is 5. The SMILES string of the molecule is c1ccc(-n2c3ccccc3c3cccc(-c4nc(-c5ccccc5-n5c6ccccc6c6cc7ccccc7cc65)nc(-c5cccc6ccccc56)n4)c32)cc1. The van der Waals surface area contributed by atoms with E-state index in [0.717, 1.165) is 66.3 Å². The van der Waals surface area contributed by atoms with Gasteiger partial charge in [-0.3, -0.25) is 0 Å². The topological polar surface area (TPSA) is 48.5 Å². The first-order chi connectivity index (χ1) is 28.8. The predicted molar refractivity (Wildman–Crippen MR) is 240 cm³/mol. The number of hydrogen-bond acceptors (Lipinski definition) is 3. The largest absolute Gasteiger partial charge is 0.309 e. The molecular formula is C53H33N5. The van der Waals surface area contributed by atoms with Gasteiger partial charge >= 0.3 is 0 Å². The number of benzene rings is 9. The van der Waals surface area contributed by atoms with Crippen LogP contribution in [0, 0.1) is 0 Å². The average Bonchev–Trinajstić information content (AvgIpc) is 3.80. The molecule has 12 aromatic rings. The molecule has 12 rings (SSSR count). The van der Waals surface area contributed by atoms with Crippen LogP contribution in [0.1, 0.15) is 0 Å². The van der Waals surface area contributed by atoms with Gasteiger partial charge in [-0.1, -0.05) is 146 Å². The second-order valence-corrected chi connectivity index (χ2v) is 14.8. The Labute approximate surface area is 333 Å². The van der Waals surface area contributed by atoms with Gasteiger partial charge in [-0.25, -0.2) is 15.0 Å². The summed E-state index contributed by atoms with van der Waals surface area (Å²) in [6, 6.07) is 70.8. The van der Waals surface area contributed by atoms with Crippen molar-refractivity contribution < 1.29 is 0 Å². The van der Waals surface area contributed by atoms with Gasteiger partial charge in [0.15, 0.2) is 17.5 Å². The third-order valence-electron chi connectivity index (χ3n) is 11.5. The Kier molecular flexibility index (Phi) is 7.16. The van der Waals surface area contributed by atoms with E-state index in [9.17, 15) is 0 Å². The molecule has 0 N–H and O–H groups in total. The first-order valence-electron chi connectivity index (χ1n) is 19.6. The molecule has 270 valence electrons. The predicted octanol–water partition coefficient (Wildman–Crippen LogP) is 13.4. The van der Waals surface area contributed by atoms with Gasteiger partial charge in [0.2, 0.25) is 0 Å². The third kappa shape index (κ3) is 4.93. The van der Waals surface area contributed by atoms with E-state index in [4.69, 9.17) is 15.0 Å². The summed E-state index contributed by atoms with van der Waals surface area (Å²) in [6.07, 6.45) is 0. The Hall–Kier alpha value is -7.89. The van der Waals surface area contributed by atoms with Gasteiger partial charge in [0.25, 0.3) is 0 Å². The van der Waals surface area contributed by atoms with Crippen molar-refractivity contribution in [2.75, 3.05) is 0 Å². The molecule has 0 spiro atoms. The lowest BCUT2D eigenvalue weighted by Gasteiger charge is -2.16. The van der Waals surface area contributed by atoms with E-state index < -0.39 is 0 Å². The minimum Gasteiger partial charge on any atom is -0.309 e. The summed E-state index contributed by atoms with van der Waals surface area (Å²) < 4.78 is 4.72. The molecule has 0 unspecified atom stereocenters. The molecule has 0 aliphatic rings. The van der Waals surface area contributed by atoms with Crippen molar-refractivity contribution in [3.63, 3.8) is 0 Å². The maximum Gasteiger partial charge on any atom is 0.166 e. The Morgan fingerprint density at radius 1 is 0.293 bits per heavy atom. The minimum absolute atomic E-state index is 0.606. The third-order valence-corrected chi connectivity index (χ3v) is 11.5. The van der Waals surface area contributed by atoms with Crippen molar-refractivity contribution in [1.82, 2.24) is 24.1 Å². The number of hydrogen-bond donors (Lipinski definition) is 0. The fourth-order valence-electron chi connectivity index (χ4n) is 8.97. The molecule has 0 aliphatic heterocycles. The molecule has 3 heterocycles. The lowest BCUT2D eigenvalue weighted by Crippen LogP contribution is -2.04. The molecule has 5 nitrogen and oxygen atoms in total. The van der Waals surface area contributed by atoms with Crippen molar-refractivity contribution in [3.05, 3.63) is 200 Å². The van der Waals surface area contributed by atoms with Crippen molar-refractivity contribution in [2.45, 2.75) is 0 Å². The number of rotatable bonds is 5. The molecule has 0 fully saturated rings. The summed E-state index contributed by atoms with van der Waals surface area (Å²) in [7, 11) is 0. The van der Waals surface area contributed by atoms with E-state index in [1.807, 2.05) is 0 Å². The van der Waals surface area contributed by atoms with Gasteiger partial charge in [-0.05, 0) is 76.1 Å². The summed E-state index contributed by atoms with van der Waals surface area (Å²) in [6.45, 7) is 0. The monoisotopic (exact) mass is 739 g/mol. The summed E-state index contributed by atoms with van der Waals surface area (Å²) in [5.41, 5.74) is 9.33. The van der Waals surface area contributed by atoms with Crippen LogP contribution in [-0.4, -0.2) is 24.1 Å². The highest BCUT2D eigenvalue weighted by Gasteiger charge is 2.23. The van der Waals surface area contributed by atoms with E-state index in [0.29, 0.717) is 17.5 Å². The molecule has 0 bridgehead atoms. The first kappa shape index (κ1) is 32.4. The van der Waals surface area contributed by atoms with Crippen molar-refractivity contribution >= 4 is 65.2 Å². The van der Waals surface area contributed by atoms with E-state index in [-0.39, 0.29) is 0 Å². The Morgan fingerprint density at radius 3 is 1.59 bits per heavy atom. The molecule has 0 aliphatic carbocycles. The summed E-state index contributed by atoms with van der Waals surface area (Å²) >= 11 is 0. The second kappa shape index (κ2) is 12.8. The van der Waals surface area contributed by atoms with E-state index >= 15 is 0 Å². The molecule has 0 radical (unpaired) electrons. The van der Waals surface area contributed by atoms with Gasteiger partial charge in [0.05, 0.1) is 27.8 Å². The van der Waals surface area contributed by atoms with Gasteiger partial charge in [-0.15, -0.1) is 0 Å². The fraction of sp³-hybridized carbons (Fsp3) is 0. The maximum absolute atomic E-state index is 5.47. The number of fused-ring (bicyclic) bond motifs is 8. The molecule has 0 saturated heterocycles. The Morgan fingerprint density at radius 2 is 0.793 bits per heavy atom. The normalized spacial score (nSPS) is 11.8. The second-order valence-electron chi connectivity index (χ2n) is 14.8. The zero-order chi connectivity index (χ0) is 38.2. The van der Waals surface area contributed by atoms with E-state index in [1.54, 1.807) is 0 Å². The van der Waals surface area contributed by atoms with Crippen molar-refractivity contribution in [1.29, 1.82) is 0 Å². The average molecular weight is 740 g/mol. The van der Waals surface area contributed by atoms with Crippen LogP contribution in [0.3, 0.4) is 0 Å². The molecule has 0 amide bonds. The molecule has 5 heteroatoms. The van der Waals surface area contributed by atoms with Crippen molar-refractivity contribution in [2.24, 2.45) is 0 Å². The summed E-state index contributed by atoms with van der Waals surface area (Å²) in [5.74, 6) is 1.84. The Balaban J connectivity index is 1.18. The summed E-state index contributed by atoms with van der Waals surface area (Å²) in [4.78, 5) is 16.2. The van der Waals surface area contributed by atoms with Crippen molar-refractivity contribution in [3.8, 4) is 45.5 Å². The zero-order valence-electron chi connectivity index (χ0n) is 31.3. The first-order valence-corrected chi connectivity index (χ1v) is 19.6. The number of para-hydroxylation sites is 5. The van der Waals surface area contributed by atoms with Crippen LogP contribution >= 0.6 is 0 Å². The van der Waals surface area contributed by atoms with Crippen LogP contribution in [0.5, 0.6) is 0 Å². The highest BCUT2D eigenvalue weighted by molar-refractivity contribution is 6.15. The Bertz CT molecular complexity index is 3570. The van der Waals surface area contributed by atoms with Crippen LogP contribution < -0.4 is 0 Å². The van der Waals surface area contributed by atoms with Gasteiger partial charge in [0.1, 0.15) is 0 Å². The van der Waals surface area contributed by atoms with Crippen LogP contribution in [0.25, 0.3) is 111 Å². The highest BCUT2D eigenvalue weighted by Crippen LogP contribution is 2.41. The lowest BCUT2D eigenvalue weighted by molar-refractivity contribution is 1.06. The number of nitrogens with zero attached hydrogens (tertiary/aromatic N) is 5. The van der Waals surface area contributed by atoms with Crippen LogP contribution in [0.15, 0.2) is 200 Å². The molecule has 0 saturated carbocycles. The standard InChI is InChI=1S/C53H33N5/c1-2-20-37(21-3-1)57-46-29-11-8-23-39(46)41-26-15-28-44(50(41)57)53-55-51(42-27-14-19-34-16-6-7-22-38(34)42)54-52(56-53)43-25-10-13-31-48(43)58-47-30-12-9-24-40(47)45-32-35-17-4-5-18-36(35)33-49(45)58/h1-33H. The smallest absolute Gasteiger partial charge is 0.166 e. The molecular weight excluding hydrogens is 707 g/mol. The van der Waals surface area contributed by atoms with Gasteiger partial charge in [0, 0.05) is 43.9 Å². The van der Waals surface area contributed by atoms with Crippen LogP contribution in [-0.2, 0) is 0 Å². The quantitative estimate of drug-likeness (QED) is 0.177. The zero-order valence-corrected chi connectivity index (χ0v) is 31.3. The molecule has 3 aromatic heterocycles. The minimum atomic E-state index is 0.606. The highest BCUT2D eigenvalue weighted by atomic mass is 15.1. The molecule has 58 heavy (non-hydrogen) atoms. The van der Waals surface area contributed by atoms with Crippen LogP contribution in [0.4, 0.5) is 0 Å². The molecule has 9 aromatic carbocycles. The van der Waals surface area contributed by atoms with Crippen LogP contribution in [0.2, 0.25) is 0 Å². The molecule has 0 atom stereocenters. The lowest BCUT2D eigenvalue weighted by atomic mass is 10.0. The van der Waals surface area contributed by atoms with Gasteiger partial charge in [-0.2, -0.15) is 0 Å².